The van der Waals surface area contributed by atoms with Crippen LogP contribution >= 0.6 is 0 Å². The van der Waals surface area contributed by atoms with Crippen LogP contribution in [0.5, 0.6) is 5.75 Å². The van der Waals surface area contributed by atoms with Gasteiger partial charge in [-0.2, -0.15) is 9.78 Å². The van der Waals surface area contributed by atoms with E-state index in [1.807, 2.05) is 55.5 Å². The first kappa shape index (κ1) is 24.7. The predicted octanol–water partition coefficient (Wildman–Crippen LogP) is 6.49. The Morgan fingerprint density at radius 1 is 1.00 bits per heavy atom. The lowest BCUT2D eigenvalue weighted by atomic mass is 10.1. The third kappa shape index (κ3) is 4.83. The maximum absolute atomic E-state index is 13.5. The topological polar surface area (TPSA) is 113 Å². The molecule has 40 heavy (non-hydrogen) atoms. The summed E-state index contributed by atoms with van der Waals surface area (Å²) in [5.41, 5.74) is 2.92. The highest BCUT2D eigenvalue weighted by Gasteiger charge is 2.18. The standard InChI is InChI=1S/C31H22N4O5/c1-20-7-6-8-22(15-20)19-39-28-14-13-21(16-26(28)35(37)38)18-32-34-30(29-17-23-9-2-5-12-27(23)40-29)33-25-11-4-3-10-24(25)31(34)36/h2-18H,19H2,1H3. The van der Waals surface area contributed by atoms with Gasteiger partial charge in [0.15, 0.2) is 11.5 Å². The average molecular weight is 531 g/mol. The maximum atomic E-state index is 13.5. The average Bonchev–Trinajstić information content (AvgIpc) is 3.40. The molecule has 0 aliphatic rings. The van der Waals surface area contributed by atoms with Crippen LogP contribution in [0.25, 0.3) is 33.5 Å². The van der Waals surface area contributed by atoms with E-state index in [2.05, 4.69) is 10.1 Å². The van der Waals surface area contributed by atoms with Gasteiger partial charge in [-0.3, -0.25) is 14.9 Å². The Bertz CT molecular complexity index is 1960. The molecule has 196 valence electrons. The Hall–Kier alpha value is -5.57. The van der Waals surface area contributed by atoms with Crippen molar-refractivity contribution in [3.05, 3.63) is 134 Å². The van der Waals surface area contributed by atoms with Gasteiger partial charge in [0, 0.05) is 17.0 Å². The van der Waals surface area contributed by atoms with Crippen LogP contribution in [-0.2, 0) is 6.61 Å². The first-order valence-corrected chi connectivity index (χ1v) is 12.5. The number of furan rings is 1. The number of benzene rings is 4. The number of aromatic nitrogens is 2. The first-order valence-electron chi connectivity index (χ1n) is 12.5. The SMILES string of the molecule is Cc1cccc(COc2ccc(C=Nn3c(-c4cc5ccccc5o4)nc4ccccc4c3=O)cc2[N+](=O)[O-])c1. The summed E-state index contributed by atoms with van der Waals surface area (Å²) in [5.74, 6) is 0.715. The number of ether oxygens (including phenoxy) is 1. The zero-order valence-corrected chi connectivity index (χ0v) is 21.4. The molecule has 0 saturated heterocycles. The van der Waals surface area contributed by atoms with E-state index in [1.165, 1.54) is 18.3 Å². The molecule has 0 atom stereocenters. The van der Waals surface area contributed by atoms with Crippen molar-refractivity contribution in [3.63, 3.8) is 0 Å². The van der Waals surface area contributed by atoms with E-state index in [1.54, 1.807) is 36.4 Å². The van der Waals surface area contributed by atoms with Gasteiger partial charge in [0.05, 0.1) is 22.0 Å². The van der Waals surface area contributed by atoms with Crippen LogP contribution in [0, 0.1) is 17.0 Å². The summed E-state index contributed by atoms with van der Waals surface area (Å²) in [6.07, 6.45) is 1.38. The second-order valence-corrected chi connectivity index (χ2v) is 9.22. The predicted molar refractivity (Wildman–Crippen MR) is 153 cm³/mol. The molecular weight excluding hydrogens is 508 g/mol. The van der Waals surface area contributed by atoms with Crippen molar-refractivity contribution in [1.29, 1.82) is 0 Å². The fourth-order valence-electron chi connectivity index (χ4n) is 4.45. The van der Waals surface area contributed by atoms with Crippen molar-refractivity contribution in [2.45, 2.75) is 13.5 Å². The van der Waals surface area contributed by atoms with Gasteiger partial charge < -0.3 is 9.15 Å². The molecule has 4 aromatic carbocycles. The molecule has 6 aromatic rings. The molecule has 0 spiro atoms. The van der Waals surface area contributed by atoms with Gasteiger partial charge in [0.1, 0.15) is 12.2 Å². The van der Waals surface area contributed by atoms with Crippen molar-refractivity contribution < 1.29 is 14.1 Å². The minimum Gasteiger partial charge on any atom is -0.482 e. The lowest BCUT2D eigenvalue weighted by Crippen LogP contribution is -2.20. The van der Waals surface area contributed by atoms with Crippen LogP contribution in [0.15, 0.2) is 111 Å². The number of hydrogen-bond acceptors (Lipinski definition) is 7. The van der Waals surface area contributed by atoms with Crippen molar-refractivity contribution in [3.8, 4) is 17.3 Å². The van der Waals surface area contributed by atoms with Crippen LogP contribution in [0.4, 0.5) is 5.69 Å². The van der Waals surface area contributed by atoms with Crippen LogP contribution < -0.4 is 10.3 Å². The monoisotopic (exact) mass is 530 g/mol. The van der Waals surface area contributed by atoms with E-state index < -0.39 is 10.5 Å². The van der Waals surface area contributed by atoms with E-state index in [-0.39, 0.29) is 23.9 Å². The Morgan fingerprint density at radius 2 is 1.82 bits per heavy atom. The number of nitro groups is 1. The lowest BCUT2D eigenvalue weighted by molar-refractivity contribution is -0.385. The minimum absolute atomic E-state index is 0.135. The van der Waals surface area contributed by atoms with E-state index in [0.717, 1.165) is 21.2 Å². The molecule has 2 heterocycles. The molecular formula is C31H22N4O5. The Kier molecular flexibility index (Phi) is 6.37. The minimum atomic E-state index is -0.507. The molecule has 0 N–H and O–H groups in total. The molecule has 2 aromatic heterocycles. The molecule has 0 fully saturated rings. The van der Waals surface area contributed by atoms with E-state index in [4.69, 9.17) is 9.15 Å². The number of fused-ring (bicyclic) bond motifs is 2. The maximum Gasteiger partial charge on any atom is 0.311 e. The van der Waals surface area contributed by atoms with Crippen molar-refractivity contribution in [2.75, 3.05) is 0 Å². The smallest absolute Gasteiger partial charge is 0.311 e. The second kappa shape index (κ2) is 10.3. The molecule has 9 nitrogen and oxygen atoms in total. The van der Waals surface area contributed by atoms with Crippen molar-refractivity contribution >= 4 is 33.8 Å². The fraction of sp³-hybridized carbons (Fsp3) is 0.0645. The third-order valence-corrected chi connectivity index (χ3v) is 6.38. The molecule has 0 amide bonds. The zero-order chi connectivity index (χ0) is 27.6. The van der Waals surface area contributed by atoms with Crippen molar-refractivity contribution in [2.24, 2.45) is 5.10 Å². The molecule has 0 unspecified atom stereocenters. The number of para-hydroxylation sites is 2. The Balaban J connectivity index is 1.38. The van der Waals surface area contributed by atoms with Gasteiger partial charge >= 0.3 is 5.69 Å². The molecule has 0 aliphatic heterocycles. The van der Waals surface area contributed by atoms with Gasteiger partial charge in [0.25, 0.3) is 5.56 Å². The lowest BCUT2D eigenvalue weighted by Gasteiger charge is -2.09. The third-order valence-electron chi connectivity index (χ3n) is 6.38. The fourth-order valence-corrected chi connectivity index (χ4v) is 4.45. The van der Waals surface area contributed by atoms with Gasteiger partial charge in [-0.1, -0.05) is 60.2 Å². The summed E-state index contributed by atoms with van der Waals surface area (Å²) in [7, 11) is 0. The van der Waals surface area contributed by atoms with Crippen LogP contribution in [0.2, 0.25) is 0 Å². The van der Waals surface area contributed by atoms with E-state index >= 15 is 0 Å². The quantitative estimate of drug-likeness (QED) is 0.132. The Labute approximate surface area is 227 Å². The number of hydrogen-bond donors (Lipinski definition) is 0. The highest BCUT2D eigenvalue weighted by molar-refractivity contribution is 5.85. The second-order valence-electron chi connectivity index (χ2n) is 9.22. The van der Waals surface area contributed by atoms with Gasteiger partial charge in [-0.25, -0.2) is 4.98 Å². The molecule has 0 radical (unpaired) electrons. The van der Waals surface area contributed by atoms with Crippen LogP contribution in [0.3, 0.4) is 0 Å². The van der Waals surface area contributed by atoms with E-state index in [9.17, 15) is 14.9 Å². The summed E-state index contributed by atoms with van der Waals surface area (Å²) in [5, 5.41) is 17.5. The summed E-state index contributed by atoms with van der Waals surface area (Å²) in [4.78, 5) is 29.5. The van der Waals surface area contributed by atoms with Crippen molar-refractivity contribution in [1.82, 2.24) is 9.66 Å². The summed E-state index contributed by atoms with van der Waals surface area (Å²) >= 11 is 0. The molecule has 9 heteroatoms. The zero-order valence-electron chi connectivity index (χ0n) is 21.4. The summed E-state index contributed by atoms with van der Waals surface area (Å²) < 4.78 is 12.9. The normalized spacial score (nSPS) is 11.4. The van der Waals surface area contributed by atoms with Gasteiger partial charge in [-0.15, -0.1) is 0 Å². The molecule has 0 aliphatic carbocycles. The largest absolute Gasteiger partial charge is 0.482 e. The highest BCUT2D eigenvalue weighted by Crippen LogP contribution is 2.29. The molecule has 6 rings (SSSR count). The number of nitrogens with zero attached hydrogens (tertiary/aromatic N) is 4. The van der Waals surface area contributed by atoms with E-state index in [0.29, 0.717) is 27.8 Å². The first-order chi connectivity index (χ1) is 19.5. The Morgan fingerprint density at radius 3 is 2.65 bits per heavy atom. The molecule has 0 bridgehead atoms. The summed E-state index contributed by atoms with van der Waals surface area (Å²) in [6.45, 7) is 2.16. The number of rotatable bonds is 7. The number of nitro benzene ring substituents is 1. The summed E-state index contributed by atoms with van der Waals surface area (Å²) in [6, 6.07) is 28.5. The van der Waals surface area contributed by atoms with Crippen LogP contribution in [-0.4, -0.2) is 20.8 Å². The highest BCUT2D eigenvalue weighted by atomic mass is 16.6. The van der Waals surface area contributed by atoms with Crippen LogP contribution in [0.1, 0.15) is 16.7 Å². The molecule has 0 saturated carbocycles. The van der Waals surface area contributed by atoms with Gasteiger partial charge in [-0.05, 0) is 48.9 Å². The number of aryl methyl sites for hydroxylation is 1. The van der Waals surface area contributed by atoms with Gasteiger partial charge in [0.2, 0.25) is 5.82 Å².